The van der Waals surface area contributed by atoms with Crippen LogP contribution >= 0.6 is 0 Å². The molecule has 88 valence electrons. The summed E-state index contributed by atoms with van der Waals surface area (Å²) in [4.78, 5) is 0. The standard InChI is InChI=1S/6CN.Fe.K.3H2O.H/c6*1-2;;;;;;/h;;;;;;;;3*1H2;/q6*-1;+6;+1;;;;-1. The Hall–Kier alpha value is -1.02. The van der Waals surface area contributed by atoms with Crippen LogP contribution in [0.1, 0.15) is 1.43 Å². The summed E-state index contributed by atoms with van der Waals surface area (Å²) in [6, 6.07) is 0. The summed E-state index contributed by atoms with van der Waals surface area (Å²) >= 11 is 0. The van der Waals surface area contributed by atoms with Gasteiger partial charge in [-0.05, 0) is 0 Å². The molecule has 17 heavy (non-hydrogen) atoms. The van der Waals surface area contributed by atoms with Crippen LogP contribution in [-0.4, -0.2) is 16.4 Å². The van der Waals surface area contributed by atoms with Crippen LogP contribution in [0.3, 0.4) is 0 Å². The molecule has 0 bridgehead atoms. The number of nitrogens with zero attached hydrogens (tertiary/aromatic N) is 6. The zero-order valence-electron chi connectivity index (χ0n) is 9.54. The first kappa shape index (κ1) is 145. The first-order valence-electron chi connectivity index (χ1n) is 1.34. The van der Waals surface area contributed by atoms with E-state index in [1.165, 1.54) is 0 Å². The second-order valence-corrected chi connectivity index (χ2v) is 0. The molecule has 0 aromatic heterocycles. The van der Waals surface area contributed by atoms with Gasteiger partial charge in [-0.15, -0.1) is 0 Å². The van der Waals surface area contributed by atoms with E-state index in [-0.39, 0.29) is 86.3 Å². The summed E-state index contributed by atoms with van der Waals surface area (Å²) in [5.41, 5.74) is 0. The Bertz CT molecular complexity index is 114. The minimum Gasteiger partial charge on any atom is -1.00 e. The van der Waals surface area contributed by atoms with Gasteiger partial charge in [-0.2, -0.15) is 0 Å². The molecule has 0 rings (SSSR count). The number of hydrogen-bond acceptors (Lipinski definition) is 6. The van der Waals surface area contributed by atoms with Gasteiger partial charge in [0.2, 0.25) is 0 Å². The van der Waals surface area contributed by atoms with E-state index in [2.05, 4.69) is 0 Å². The molecule has 0 unspecified atom stereocenters. The number of rotatable bonds is 0. The monoisotopic (exact) mass is 306 g/mol. The Balaban J connectivity index is -0.00000000225. The van der Waals surface area contributed by atoms with E-state index in [9.17, 15) is 0 Å². The average Bonchev–Trinajstić information content (AvgIpc) is 2.33. The van der Waals surface area contributed by atoms with Gasteiger partial charge in [0.05, 0.1) is 0 Å². The van der Waals surface area contributed by atoms with Crippen LogP contribution in [0.25, 0.3) is 0 Å². The molecule has 0 aliphatic rings. The largest absolute Gasteiger partial charge is 6.00 e. The molecule has 0 radical (unpaired) electrons. The Kier molecular flexibility index (Phi) is 23700. The van der Waals surface area contributed by atoms with Gasteiger partial charge in [0.15, 0.2) is 0 Å². The fourth-order valence-corrected chi connectivity index (χ4v) is 0. The number of hydrogen-bond donors (Lipinski definition) is 0. The van der Waals surface area contributed by atoms with Crippen LogP contribution in [0.2, 0.25) is 0 Å². The maximum atomic E-state index is 6.25. The van der Waals surface area contributed by atoms with Crippen molar-refractivity contribution < 1.29 is 86.3 Å². The van der Waals surface area contributed by atoms with Crippen LogP contribution in [0.4, 0.5) is 0 Å². The molecule has 11 heteroatoms. The van der Waals surface area contributed by atoms with Crippen molar-refractivity contribution in [3.63, 3.8) is 0 Å². The summed E-state index contributed by atoms with van der Waals surface area (Å²) < 4.78 is 0. The first-order chi connectivity index (χ1) is 6.00. The van der Waals surface area contributed by atoms with Crippen LogP contribution in [-0.2, 0) is 17.1 Å². The first-order valence-corrected chi connectivity index (χ1v) is 1.34. The van der Waals surface area contributed by atoms with Crippen LogP contribution in [0.5, 0.6) is 0 Å². The zero-order chi connectivity index (χ0) is 12.0. The van der Waals surface area contributed by atoms with E-state index in [4.69, 9.17) is 71.0 Å². The van der Waals surface area contributed by atoms with Gasteiger partial charge in [0, 0.05) is 0 Å². The molecule has 0 aromatic rings. The Morgan fingerprint density at radius 1 is 0.412 bits per heavy atom. The molecule has 0 heterocycles. The fourth-order valence-electron chi connectivity index (χ4n) is 0. The molecule has 9 nitrogen and oxygen atoms in total. The van der Waals surface area contributed by atoms with E-state index in [1.54, 1.807) is 0 Å². The molecule has 0 atom stereocenters. The van der Waals surface area contributed by atoms with E-state index in [0.717, 1.165) is 0 Å². The van der Waals surface area contributed by atoms with Crippen molar-refractivity contribution in [1.29, 1.82) is 31.6 Å². The van der Waals surface area contributed by atoms with Gasteiger partial charge in [0.1, 0.15) is 0 Å². The van der Waals surface area contributed by atoms with Gasteiger partial charge in [-0.25, -0.2) is 0 Å². The summed E-state index contributed by atoms with van der Waals surface area (Å²) in [6.45, 7) is 28.5. The second-order valence-electron chi connectivity index (χ2n) is 0. The molecule has 0 aliphatic heterocycles. The zero-order valence-corrected chi connectivity index (χ0v) is 12.8. The minimum absolute atomic E-state index is 0. The van der Waals surface area contributed by atoms with Crippen LogP contribution < -0.4 is 51.4 Å². The van der Waals surface area contributed by atoms with E-state index < -0.39 is 0 Å². The predicted molar refractivity (Wildman–Crippen MR) is 41.8 cm³/mol. The average molecular weight is 306 g/mol. The van der Waals surface area contributed by atoms with Gasteiger partial charge >= 0.3 is 68.5 Å². The van der Waals surface area contributed by atoms with Gasteiger partial charge in [0.25, 0.3) is 0 Å². The normalized spacial score (nSPS) is 0.706. The summed E-state index contributed by atoms with van der Waals surface area (Å²) in [5.74, 6) is 0. The SMILES string of the molecule is O.O.O.[C-]#N.[C-]#N.[C-]#N.[C-]#N.[C-]#N.[C-]#N.[Fe+6].[H-].[K+]. The molecule has 0 spiro atoms. The summed E-state index contributed by atoms with van der Waals surface area (Å²) in [5, 5.41) is 37.5. The predicted octanol–water partition coefficient (Wildman–Crippen LogP) is -4.78. The summed E-state index contributed by atoms with van der Waals surface area (Å²) in [7, 11) is 0. The van der Waals surface area contributed by atoms with Crippen molar-refractivity contribution in [3.05, 3.63) is 39.4 Å². The third-order valence-corrected chi connectivity index (χ3v) is 0. The third-order valence-electron chi connectivity index (χ3n) is 0. The third kappa shape index (κ3) is 2400. The second kappa shape index (κ2) is 2790. The quantitative estimate of drug-likeness (QED) is 0.314. The maximum absolute atomic E-state index is 6.25. The molecule has 0 saturated carbocycles. The van der Waals surface area contributed by atoms with Gasteiger partial charge in [-0.1, -0.05) is 0 Å². The van der Waals surface area contributed by atoms with Crippen molar-refractivity contribution in [3.8, 4) is 0 Å². The molecule has 0 amide bonds. The smallest absolute Gasteiger partial charge is 1.00 e. The van der Waals surface area contributed by atoms with Gasteiger partial charge < -0.3 is 88.9 Å². The Morgan fingerprint density at radius 2 is 0.412 bits per heavy atom. The molecular formula is C6H7FeKN6O3. The van der Waals surface area contributed by atoms with E-state index >= 15 is 0 Å². The van der Waals surface area contributed by atoms with Crippen LogP contribution in [0.15, 0.2) is 0 Å². The minimum atomic E-state index is 0. The maximum Gasteiger partial charge on any atom is 6.00 e. The molecule has 0 aliphatic carbocycles. The van der Waals surface area contributed by atoms with Crippen molar-refractivity contribution >= 4 is 0 Å². The van der Waals surface area contributed by atoms with Crippen molar-refractivity contribution in [2.75, 3.05) is 0 Å². The Morgan fingerprint density at radius 3 is 0.412 bits per heavy atom. The molecule has 0 saturated heterocycles. The van der Waals surface area contributed by atoms with E-state index in [1.807, 2.05) is 0 Å². The topological polar surface area (TPSA) is 237 Å². The molecular weight excluding hydrogens is 299 g/mol. The Labute approximate surface area is 155 Å². The van der Waals surface area contributed by atoms with Crippen molar-refractivity contribution in [1.82, 2.24) is 0 Å². The van der Waals surface area contributed by atoms with E-state index in [0.29, 0.717) is 0 Å². The molecule has 0 fully saturated rings. The summed E-state index contributed by atoms with van der Waals surface area (Å²) in [6.07, 6.45) is 0. The molecule has 0 aromatic carbocycles. The van der Waals surface area contributed by atoms with Crippen molar-refractivity contribution in [2.45, 2.75) is 0 Å². The fraction of sp³-hybridized carbons (Fsp3) is 0. The van der Waals surface area contributed by atoms with Crippen molar-refractivity contribution in [2.24, 2.45) is 0 Å². The van der Waals surface area contributed by atoms with Crippen LogP contribution in [0, 0.1) is 71.0 Å². The molecule has 6 N–H and O–H groups in total. The van der Waals surface area contributed by atoms with Gasteiger partial charge in [-0.3, -0.25) is 0 Å².